The molecule has 2 heterocycles. The highest BCUT2D eigenvalue weighted by atomic mass is 32.1. The predicted molar refractivity (Wildman–Crippen MR) is 85.1 cm³/mol. The van der Waals surface area contributed by atoms with Crippen LogP contribution in [0.25, 0.3) is 0 Å². The maximum absolute atomic E-state index is 13.2. The minimum absolute atomic E-state index is 0.0317. The first-order valence-corrected chi connectivity index (χ1v) is 7.88. The van der Waals surface area contributed by atoms with Crippen LogP contribution in [0.5, 0.6) is 0 Å². The lowest BCUT2D eigenvalue weighted by molar-refractivity contribution is 0.599. The molecule has 0 radical (unpaired) electrons. The van der Waals surface area contributed by atoms with E-state index >= 15 is 0 Å². The molecule has 114 valence electrons. The topological polar surface area (TPSA) is 42.7 Å². The third-order valence-corrected chi connectivity index (χ3v) is 4.51. The van der Waals surface area contributed by atoms with E-state index < -0.39 is 0 Å². The number of thiazole rings is 1. The average Bonchev–Trinajstić information content (AvgIpc) is 3.10. The second-order valence-corrected chi connectivity index (χ2v) is 6.11. The highest BCUT2D eigenvalue weighted by Crippen LogP contribution is 2.23. The maximum Gasteiger partial charge on any atom is 0.123 e. The van der Waals surface area contributed by atoms with Gasteiger partial charge in [0.25, 0.3) is 0 Å². The zero-order chi connectivity index (χ0) is 15.5. The lowest BCUT2D eigenvalue weighted by Gasteiger charge is -2.18. The molecule has 4 nitrogen and oxygen atoms in total. The molecular formula is C16H17FN4S. The summed E-state index contributed by atoms with van der Waals surface area (Å²) in [6.07, 6.45) is 3.81. The van der Waals surface area contributed by atoms with Gasteiger partial charge in [-0.25, -0.2) is 9.37 Å². The monoisotopic (exact) mass is 316 g/mol. The van der Waals surface area contributed by atoms with Crippen LogP contribution < -0.4 is 5.32 Å². The molecule has 0 aliphatic rings. The minimum atomic E-state index is -0.230. The average molecular weight is 316 g/mol. The number of hydrogen-bond acceptors (Lipinski definition) is 4. The van der Waals surface area contributed by atoms with Gasteiger partial charge in [0.15, 0.2) is 0 Å². The third-order valence-electron chi connectivity index (χ3n) is 3.57. The van der Waals surface area contributed by atoms with E-state index in [4.69, 9.17) is 0 Å². The molecule has 1 aromatic carbocycles. The summed E-state index contributed by atoms with van der Waals surface area (Å²) in [7, 11) is 1.89. The van der Waals surface area contributed by atoms with Crippen LogP contribution in [0.2, 0.25) is 0 Å². The van der Waals surface area contributed by atoms with Crippen LogP contribution in [0.15, 0.2) is 42.2 Å². The molecular weight excluding hydrogens is 299 g/mol. The van der Waals surface area contributed by atoms with Crippen LogP contribution in [0, 0.1) is 12.7 Å². The van der Waals surface area contributed by atoms with Gasteiger partial charge in [-0.2, -0.15) is 5.10 Å². The van der Waals surface area contributed by atoms with Crippen LogP contribution in [0.3, 0.4) is 0 Å². The van der Waals surface area contributed by atoms with Gasteiger partial charge in [0.1, 0.15) is 5.82 Å². The summed E-state index contributed by atoms with van der Waals surface area (Å²) in [4.78, 5) is 5.47. The summed E-state index contributed by atoms with van der Waals surface area (Å²) in [5.74, 6) is -0.230. The number of halogens is 1. The normalized spacial score (nSPS) is 12.5. The number of aryl methyl sites for hydroxylation is 2. The molecule has 0 saturated heterocycles. The van der Waals surface area contributed by atoms with E-state index in [-0.39, 0.29) is 11.9 Å². The van der Waals surface area contributed by atoms with E-state index in [1.165, 1.54) is 17.0 Å². The number of rotatable bonds is 5. The Labute approximate surface area is 132 Å². The Morgan fingerprint density at radius 2 is 2.05 bits per heavy atom. The smallest absolute Gasteiger partial charge is 0.123 e. The Bertz CT molecular complexity index is 748. The van der Waals surface area contributed by atoms with Crippen molar-refractivity contribution in [2.75, 3.05) is 0 Å². The molecule has 0 bridgehead atoms. The number of nitrogens with one attached hydrogen (secondary N) is 1. The largest absolute Gasteiger partial charge is 0.301 e. The molecule has 0 fully saturated rings. The summed E-state index contributed by atoms with van der Waals surface area (Å²) in [5.41, 5.74) is 4.96. The maximum atomic E-state index is 13.2. The van der Waals surface area contributed by atoms with Gasteiger partial charge in [-0.1, -0.05) is 12.1 Å². The van der Waals surface area contributed by atoms with Crippen molar-refractivity contribution in [3.63, 3.8) is 0 Å². The molecule has 3 rings (SSSR count). The Hall–Kier alpha value is -2.05. The summed E-state index contributed by atoms with van der Waals surface area (Å²) in [6.45, 7) is 2.72. The number of hydrogen-bond donors (Lipinski definition) is 1. The minimum Gasteiger partial charge on any atom is -0.301 e. The van der Waals surface area contributed by atoms with Crippen molar-refractivity contribution in [3.8, 4) is 0 Å². The van der Waals surface area contributed by atoms with E-state index in [1.54, 1.807) is 28.2 Å². The van der Waals surface area contributed by atoms with E-state index in [0.717, 1.165) is 16.8 Å². The van der Waals surface area contributed by atoms with E-state index in [9.17, 15) is 4.39 Å². The van der Waals surface area contributed by atoms with Crippen LogP contribution >= 0.6 is 11.3 Å². The van der Waals surface area contributed by atoms with Crippen molar-refractivity contribution in [1.29, 1.82) is 0 Å². The van der Waals surface area contributed by atoms with Crippen molar-refractivity contribution < 1.29 is 4.39 Å². The standard InChI is InChI=1S/C16H17FN4S/c1-11-15(22-10-19-11)8-18-16(13-7-20-21(2)9-13)12-3-5-14(17)6-4-12/h3-7,9-10,16,18H,8H2,1-2H3/t16-/m0/s1. The highest BCUT2D eigenvalue weighted by Gasteiger charge is 2.16. The molecule has 0 amide bonds. The van der Waals surface area contributed by atoms with Crippen LogP contribution in [0.4, 0.5) is 4.39 Å². The van der Waals surface area contributed by atoms with Crippen molar-refractivity contribution >= 4 is 11.3 Å². The van der Waals surface area contributed by atoms with Gasteiger partial charge in [0, 0.05) is 30.2 Å². The van der Waals surface area contributed by atoms with Gasteiger partial charge in [0.2, 0.25) is 0 Å². The third kappa shape index (κ3) is 3.23. The first kappa shape index (κ1) is 14.9. The van der Waals surface area contributed by atoms with Gasteiger partial charge in [0.05, 0.1) is 23.4 Å². The molecule has 0 aliphatic carbocycles. The fourth-order valence-electron chi connectivity index (χ4n) is 2.36. The number of aromatic nitrogens is 3. The van der Waals surface area contributed by atoms with Crippen LogP contribution in [-0.2, 0) is 13.6 Å². The second kappa shape index (κ2) is 6.37. The second-order valence-electron chi connectivity index (χ2n) is 5.17. The molecule has 0 spiro atoms. The Morgan fingerprint density at radius 1 is 1.27 bits per heavy atom. The van der Waals surface area contributed by atoms with E-state index in [0.29, 0.717) is 6.54 Å². The predicted octanol–water partition coefficient (Wildman–Crippen LogP) is 3.20. The summed E-state index contributed by atoms with van der Waals surface area (Å²) >= 11 is 1.64. The fraction of sp³-hybridized carbons (Fsp3) is 0.250. The van der Waals surface area contributed by atoms with Gasteiger partial charge < -0.3 is 5.32 Å². The molecule has 0 saturated carbocycles. The van der Waals surface area contributed by atoms with Crippen molar-refractivity contribution in [2.45, 2.75) is 19.5 Å². The molecule has 6 heteroatoms. The van der Waals surface area contributed by atoms with Crippen LogP contribution in [0.1, 0.15) is 27.7 Å². The molecule has 2 aromatic heterocycles. The Morgan fingerprint density at radius 3 is 2.64 bits per heavy atom. The first-order valence-electron chi connectivity index (χ1n) is 7.00. The Balaban J connectivity index is 1.86. The van der Waals surface area contributed by atoms with Gasteiger partial charge in [-0.05, 0) is 24.6 Å². The van der Waals surface area contributed by atoms with Crippen molar-refractivity contribution in [1.82, 2.24) is 20.1 Å². The molecule has 0 aliphatic heterocycles. The molecule has 3 aromatic rings. The van der Waals surface area contributed by atoms with Gasteiger partial charge in [-0.15, -0.1) is 11.3 Å². The summed E-state index contributed by atoms with van der Waals surface area (Å²) in [5, 5.41) is 7.76. The lowest BCUT2D eigenvalue weighted by atomic mass is 10.0. The zero-order valence-electron chi connectivity index (χ0n) is 12.5. The first-order chi connectivity index (χ1) is 10.6. The lowest BCUT2D eigenvalue weighted by Crippen LogP contribution is -2.21. The van der Waals surface area contributed by atoms with Gasteiger partial charge >= 0.3 is 0 Å². The molecule has 22 heavy (non-hydrogen) atoms. The highest BCUT2D eigenvalue weighted by molar-refractivity contribution is 7.09. The quantitative estimate of drug-likeness (QED) is 0.786. The number of nitrogens with zero attached hydrogens (tertiary/aromatic N) is 3. The fourth-order valence-corrected chi connectivity index (χ4v) is 3.09. The summed E-state index contributed by atoms with van der Waals surface area (Å²) in [6, 6.07) is 6.55. The van der Waals surface area contributed by atoms with Crippen molar-refractivity contribution in [3.05, 3.63) is 69.7 Å². The van der Waals surface area contributed by atoms with Gasteiger partial charge in [-0.3, -0.25) is 4.68 Å². The zero-order valence-corrected chi connectivity index (χ0v) is 13.3. The SMILES string of the molecule is Cc1ncsc1CN[C@@H](c1ccc(F)cc1)c1cnn(C)c1. The molecule has 1 atom stereocenters. The van der Waals surface area contributed by atoms with E-state index in [1.807, 2.05) is 31.9 Å². The molecule has 1 N–H and O–H groups in total. The van der Waals surface area contributed by atoms with Crippen LogP contribution in [-0.4, -0.2) is 14.8 Å². The molecule has 0 unspecified atom stereocenters. The van der Waals surface area contributed by atoms with E-state index in [2.05, 4.69) is 15.4 Å². The Kier molecular flexibility index (Phi) is 4.31. The number of benzene rings is 1. The van der Waals surface area contributed by atoms with Crippen molar-refractivity contribution in [2.24, 2.45) is 7.05 Å². The summed E-state index contributed by atoms with van der Waals surface area (Å²) < 4.78 is 14.9.